The average Bonchev–Trinajstić information content (AvgIpc) is 2.90. The average molecular weight is 363 g/mol. The van der Waals surface area contributed by atoms with E-state index in [1.54, 1.807) is 17.5 Å². The first-order valence-corrected chi connectivity index (χ1v) is 8.32. The van der Waals surface area contributed by atoms with Gasteiger partial charge in [-0.05, 0) is 53.2 Å². The molecular formula is C16H15BrN2OS. The summed E-state index contributed by atoms with van der Waals surface area (Å²) in [6.07, 6.45) is 1.61. The summed E-state index contributed by atoms with van der Waals surface area (Å²) in [7, 11) is 0. The molecule has 2 unspecified atom stereocenters. The van der Waals surface area contributed by atoms with Gasteiger partial charge in [-0.2, -0.15) is 0 Å². The first-order valence-electron chi connectivity index (χ1n) is 6.65. The standard InChI is InChI=1S/C16H15BrN2OS/c1-10(18)16(15-8-11(17)9-21-15)20-14-6-2-5-13-12(14)4-3-7-19-13/h2-10,16H,18H2,1H3. The zero-order chi connectivity index (χ0) is 14.8. The molecular weight excluding hydrogens is 348 g/mol. The smallest absolute Gasteiger partial charge is 0.148 e. The molecule has 0 aliphatic heterocycles. The van der Waals surface area contributed by atoms with Gasteiger partial charge in [0.25, 0.3) is 0 Å². The maximum atomic E-state index is 6.21. The fraction of sp³-hybridized carbons (Fsp3) is 0.188. The van der Waals surface area contributed by atoms with Crippen LogP contribution < -0.4 is 10.5 Å². The van der Waals surface area contributed by atoms with Gasteiger partial charge >= 0.3 is 0 Å². The van der Waals surface area contributed by atoms with Crippen molar-refractivity contribution in [2.75, 3.05) is 0 Å². The largest absolute Gasteiger partial charge is 0.483 e. The highest BCUT2D eigenvalue weighted by Crippen LogP contribution is 2.33. The highest BCUT2D eigenvalue weighted by atomic mass is 79.9. The Morgan fingerprint density at radius 1 is 1.29 bits per heavy atom. The van der Waals surface area contributed by atoms with Crippen LogP contribution in [-0.4, -0.2) is 11.0 Å². The summed E-state index contributed by atoms with van der Waals surface area (Å²) < 4.78 is 7.27. The minimum atomic E-state index is -0.174. The normalized spacial score (nSPS) is 14.0. The highest BCUT2D eigenvalue weighted by Gasteiger charge is 2.21. The van der Waals surface area contributed by atoms with Crippen molar-refractivity contribution in [1.82, 2.24) is 4.98 Å². The third kappa shape index (κ3) is 3.10. The maximum Gasteiger partial charge on any atom is 0.148 e. The molecule has 3 rings (SSSR count). The minimum Gasteiger partial charge on any atom is -0.483 e. The van der Waals surface area contributed by atoms with Crippen molar-refractivity contribution in [2.45, 2.75) is 19.1 Å². The van der Waals surface area contributed by atoms with Crippen LogP contribution >= 0.6 is 27.3 Å². The van der Waals surface area contributed by atoms with Crippen LogP contribution in [0.5, 0.6) is 5.75 Å². The van der Waals surface area contributed by atoms with Gasteiger partial charge in [-0.3, -0.25) is 4.98 Å². The Hall–Kier alpha value is -1.43. The van der Waals surface area contributed by atoms with E-state index in [0.717, 1.165) is 26.0 Å². The lowest BCUT2D eigenvalue weighted by atomic mass is 10.1. The lowest BCUT2D eigenvalue weighted by Crippen LogP contribution is -2.28. The number of pyridine rings is 1. The van der Waals surface area contributed by atoms with Crippen LogP contribution in [0.15, 0.2) is 52.4 Å². The summed E-state index contributed by atoms with van der Waals surface area (Å²) in [5.41, 5.74) is 7.04. The first-order chi connectivity index (χ1) is 10.1. The molecule has 0 saturated heterocycles. The molecule has 0 radical (unpaired) electrons. The molecule has 0 aliphatic rings. The van der Waals surface area contributed by atoms with Gasteiger partial charge in [0, 0.05) is 32.4 Å². The number of ether oxygens (including phenoxy) is 1. The second-order valence-corrected chi connectivity index (χ2v) is 6.75. The molecule has 2 heterocycles. The molecule has 2 aromatic heterocycles. The van der Waals surface area contributed by atoms with Crippen LogP contribution in [0.4, 0.5) is 0 Å². The summed E-state index contributed by atoms with van der Waals surface area (Å²) in [5, 5.41) is 3.04. The van der Waals surface area contributed by atoms with Gasteiger partial charge in [0.05, 0.1) is 5.52 Å². The van der Waals surface area contributed by atoms with E-state index in [9.17, 15) is 0 Å². The first kappa shape index (κ1) is 14.5. The van der Waals surface area contributed by atoms with Crippen LogP contribution in [0.2, 0.25) is 0 Å². The van der Waals surface area contributed by atoms with E-state index >= 15 is 0 Å². The van der Waals surface area contributed by atoms with Crippen LogP contribution in [0, 0.1) is 0 Å². The molecule has 21 heavy (non-hydrogen) atoms. The third-order valence-electron chi connectivity index (χ3n) is 3.21. The van der Waals surface area contributed by atoms with Crippen molar-refractivity contribution >= 4 is 38.2 Å². The van der Waals surface area contributed by atoms with Crippen molar-refractivity contribution in [3.05, 3.63) is 57.3 Å². The summed E-state index contributed by atoms with van der Waals surface area (Å²) in [6, 6.07) is 11.8. The van der Waals surface area contributed by atoms with Crippen molar-refractivity contribution in [3.8, 4) is 5.75 Å². The molecule has 0 fully saturated rings. The highest BCUT2D eigenvalue weighted by molar-refractivity contribution is 9.10. The lowest BCUT2D eigenvalue weighted by Gasteiger charge is -2.22. The Labute approximate surface area is 135 Å². The van der Waals surface area contributed by atoms with Gasteiger partial charge in [0.15, 0.2) is 0 Å². The summed E-state index contributed by atoms with van der Waals surface area (Å²) in [5.74, 6) is 0.812. The van der Waals surface area contributed by atoms with E-state index in [1.807, 2.05) is 42.6 Å². The molecule has 1 aromatic carbocycles. The molecule has 3 aromatic rings. The maximum absolute atomic E-state index is 6.21. The molecule has 108 valence electrons. The number of hydrogen-bond donors (Lipinski definition) is 1. The Kier molecular flexibility index (Phi) is 4.24. The number of hydrogen-bond acceptors (Lipinski definition) is 4. The summed E-state index contributed by atoms with van der Waals surface area (Å²) in [4.78, 5) is 5.46. The molecule has 5 heteroatoms. The van der Waals surface area contributed by atoms with Crippen molar-refractivity contribution < 1.29 is 4.74 Å². The second-order valence-electron chi connectivity index (χ2n) is 4.89. The lowest BCUT2D eigenvalue weighted by molar-refractivity contribution is 0.186. The quantitative estimate of drug-likeness (QED) is 0.741. The van der Waals surface area contributed by atoms with E-state index in [-0.39, 0.29) is 12.1 Å². The van der Waals surface area contributed by atoms with Crippen molar-refractivity contribution in [1.29, 1.82) is 0 Å². The number of thiophene rings is 1. The number of aromatic nitrogens is 1. The van der Waals surface area contributed by atoms with Gasteiger partial charge in [0.2, 0.25) is 0 Å². The second kappa shape index (κ2) is 6.13. The van der Waals surface area contributed by atoms with Gasteiger partial charge in [-0.15, -0.1) is 11.3 Å². The van der Waals surface area contributed by atoms with Crippen molar-refractivity contribution in [3.63, 3.8) is 0 Å². The topological polar surface area (TPSA) is 48.1 Å². The van der Waals surface area contributed by atoms with E-state index in [2.05, 4.69) is 27.0 Å². The zero-order valence-corrected chi connectivity index (χ0v) is 13.9. The number of rotatable bonds is 4. The SMILES string of the molecule is CC(N)C(Oc1cccc2ncccc12)c1cc(Br)cs1. The third-order valence-corrected chi connectivity index (χ3v) is 4.96. The van der Waals surface area contributed by atoms with Crippen LogP contribution in [0.1, 0.15) is 17.9 Å². The van der Waals surface area contributed by atoms with Gasteiger partial charge in [-0.25, -0.2) is 0 Å². The fourth-order valence-electron chi connectivity index (χ4n) is 2.22. The molecule has 0 bridgehead atoms. The fourth-order valence-corrected chi connectivity index (χ4v) is 3.80. The van der Waals surface area contributed by atoms with E-state index in [4.69, 9.17) is 10.5 Å². The molecule has 2 N–H and O–H groups in total. The van der Waals surface area contributed by atoms with Crippen LogP contribution in [-0.2, 0) is 0 Å². The number of halogens is 1. The summed E-state index contributed by atoms with van der Waals surface area (Å²) in [6.45, 7) is 1.96. The molecule has 3 nitrogen and oxygen atoms in total. The number of fused-ring (bicyclic) bond motifs is 1. The van der Waals surface area contributed by atoms with Gasteiger partial charge in [-0.1, -0.05) is 6.07 Å². The Morgan fingerprint density at radius 2 is 2.14 bits per heavy atom. The molecule has 0 spiro atoms. The zero-order valence-electron chi connectivity index (χ0n) is 11.5. The molecule has 2 atom stereocenters. The Bertz CT molecular complexity index is 751. The number of nitrogens with zero attached hydrogens (tertiary/aromatic N) is 1. The van der Waals surface area contributed by atoms with Crippen LogP contribution in [0.3, 0.4) is 0 Å². The predicted octanol–water partition coefficient (Wildman–Crippen LogP) is 4.53. The molecule has 0 aliphatic carbocycles. The van der Waals surface area contributed by atoms with Crippen LogP contribution in [0.25, 0.3) is 10.9 Å². The molecule has 0 amide bonds. The summed E-state index contributed by atoms with van der Waals surface area (Å²) >= 11 is 5.12. The minimum absolute atomic E-state index is 0.109. The van der Waals surface area contributed by atoms with E-state index in [1.165, 1.54) is 0 Å². The van der Waals surface area contributed by atoms with Crippen molar-refractivity contribution in [2.24, 2.45) is 5.73 Å². The van der Waals surface area contributed by atoms with Gasteiger partial charge < -0.3 is 10.5 Å². The predicted molar refractivity (Wildman–Crippen MR) is 90.8 cm³/mol. The van der Waals surface area contributed by atoms with E-state index < -0.39 is 0 Å². The molecule has 0 saturated carbocycles. The Balaban J connectivity index is 1.99. The Morgan fingerprint density at radius 3 is 2.86 bits per heavy atom. The number of nitrogens with two attached hydrogens (primary N) is 1. The van der Waals surface area contributed by atoms with E-state index in [0.29, 0.717) is 0 Å². The van der Waals surface area contributed by atoms with Gasteiger partial charge in [0.1, 0.15) is 11.9 Å². The number of benzene rings is 1. The monoisotopic (exact) mass is 362 g/mol.